The van der Waals surface area contributed by atoms with Gasteiger partial charge in [0.2, 0.25) is 0 Å². The third kappa shape index (κ3) is 31.0. The Hall–Kier alpha value is -0.480. The fourth-order valence-electron chi connectivity index (χ4n) is 3.77. The number of hydrogen-bond donors (Lipinski definition) is 1. The van der Waals surface area contributed by atoms with Gasteiger partial charge in [0.25, 0.3) is 0 Å². The molecule has 1 aliphatic heterocycles. The number of nitrogens with one attached hydrogen (secondary N) is 1. The zero-order valence-electron chi connectivity index (χ0n) is 26.4. The molecule has 0 aromatic carbocycles. The Morgan fingerprint density at radius 2 is 0.667 bits per heavy atom. The standard InChI is InChI=1S/C30H61NO11/c1-2-3-4-9-32-10-11-33-12-13-34-14-15-35-16-17-36-18-19-37-20-21-38-22-23-39-24-25-40-26-27-41-28-29-42-30-5-7-31-8-6-30/h30-31H,2-29H2,1H3. The molecule has 0 aromatic rings. The fraction of sp³-hybridized carbons (Fsp3) is 1.00. The molecule has 0 bridgehead atoms. The van der Waals surface area contributed by atoms with Crippen molar-refractivity contribution in [3.05, 3.63) is 0 Å². The minimum atomic E-state index is 0.376. The monoisotopic (exact) mass is 611 g/mol. The maximum absolute atomic E-state index is 5.79. The summed E-state index contributed by atoms with van der Waals surface area (Å²) >= 11 is 0. The van der Waals surface area contributed by atoms with Crippen molar-refractivity contribution in [1.29, 1.82) is 0 Å². The Bertz CT molecular complexity index is 502. The molecule has 1 heterocycles. The van der Waals surface area contributed by atoms with Crippen LogP contribution in [0.15, 0.2) is 0 Å². The SMILES string of the molecule is CCCCCOCCOCCOCCOCCOCCOCCOCCOCCOCCOCCOC1CCNCC1. The average molecular weight is 612 g/mol. The van der Waals surface area contributed by atoms with Crippen LogP contribution >= 0.6 is 0 Å². The maximum atomic E-state index is 5.79. The van der Waals surface area contributed by atoms with Crippen molar-refractivity contribution in [2.75, 3.05) is 152 Å². The van der Waals surface area contributed by atoms with Crippen molar-refractivity contribution >= 4 is 0 Å². The molecule has 1 aliphatic rings. The zero-order valence-corrected chi connectivity index (χ0v) is 26.4. The van der Waals surface area contributed by atoms with Crippen LogP contribution in [0.2, 0.25) is 0 Å². The van der Waals surface area contributed by atoms with Crippen LogP contribution < -0.4 is 5.32 Å². The van der Waals surface area contributed by atoms with Gasteiger partial charge >= 0.3 is 0 Å². The van der Waals surface area contributed by atoms with E-state index in [4.69, 9.17) is 52.1 Å². The molecule has 42 heavy (non-hydrogen) atoms. The van der Waals surface area contributed by atoms with Crippen LogP contribution in [0, 0.1) is 0 Å². The molecular weight excluding hydrogens is 550 g/mol. The molecule has 252 valence electrons. The minimum absolute atomic E-state index is 0.376. The van der Waals surface area contributed by atoms with Crippen molar-refractivity contribution in [2.45, 2.75) is 45.1 Å². The lowest BCUT2D eigenvalue weighted by Gasteiger charge is -2.22. The first-order valence-corrected chi connectivity index (χ1v) is 16.0. The van der Waals surface area contributed by atoms with E-state index in [1.807, 2.05) is 0 Å². The molecule has 0 unspecified atom stereocenters. The first-order valence-electron chi connectivity index (χ1n) is 16.0. The summed E-state index contributed by atoms with van der Waals surface area (Å²) in [4.78, 5) is 0. The normalized spacial score (nSPS) is 14.2. The van der Waals surface area contributed by atoms with Gasteiger partial charge in [-0.2, -0.15) is 0 Å². The van der Waals surface area contributed by atoms with Crippen molar-refractivity contribution in [3.63, 3.8) is 0 Å². The molecule has 1 fully saturated rings. The van der Waals surface area contributed by atoms with Crippen LogP contribution in [-0.2, 0) is 52.1 Å². The summed E-state index contributed by atoms with van der Waals surface area (Å²) in [5, 5.41) is 3.33. The van der Waals surface area contributed by atoms with Gasteiger partial charge < -0.3 is 57.4 Å². The Balaban J connectivity index is 1.60. The molecule has 0 amide bonds. The van der Waals surface area contributed by atoms with E-state index in [0.29, 0.717) is 138 Å². The van der Waals surface area contributed by atoms with Gasteiger partial charge in [-0.1, -0.05) is 19.8 Å². The third-order valence-electron chi connectivity index (χ3n) is 6.11. The van der Waals surface area contributed by atoms with E-state index in [1.54, 1.807) is 0 Å². The summed E-state index contributed by atoms with van der Waals surface area (Å²) < 4.78 is 60.6. The number of rotatable bonds is 35. The van der Waals surface area contributed by atoms with E-state index >= 15 is 0 Å². The van der Waals surface area contributed by atoms with E-state index in [1.165, 1.54) is 12.8 Å². The Morgan fingerprint density at radius 1 is 0.381 bits per heavy atom. The van der Waals surface area contributed by atoms with Crippen LogP contribution in [0.5, 0.6) is 0 Å². The zero-order chi connectivity index (χ0) is 29.9. The Kier molecular flexibility index (Phi) is 33.0. The maximum Gasteiger partial charge on any atom is 0.0704 e. The van der Waals surface area contributed by atoms with Gasteiger partial charge in [-0.05, 0) is 32.4 Å². The molecule has 0 atom stereocenters. The summed E-state index contributed by atoms with van der Waals surface area (Å²) in [7, 11) is 0. The Labute approximate surface area is 254 Å². The second-order valence-electron chi connectivity index (χ2n) is 9.65. The van der Waals surface area contributed by atoms with Crippen LogP contribution in [0.3, 0.4) is 0 Å². The van der Waals surface area contributed by atoms with Crippen LogP contribution in [0.1, 0.15) is 39.0 Å². The highest BCUT2D eigenvalue weighted by Crippen LogP contribution is 2.06. The van der Waals surface area contributed by atoms with Crippen molar-refractivity contribution in [3.8, 4) is 0 Å². The van der Waals surface area contributed by atoms with Crippen molar-refractivity contribution < 1.29 is 52.1 Å². The summed E-state index contributed by atoms with van der Waals surface area (Å²) in [6, 6.07) is 0. The summed E-state index contributed by atoms with van der Waals surface area (Å²) in [5.74, 6) is 0. The first-order chi connectivity index (χ1) is 20.9. The van der Waals surface area contributed by atoms with E-state index in [2.05, 4.69) is 12.2 Å². The number of ether oxygens (including phenoxy) is 11. The predicted molar refractivity (Wildman–Crippen MR) is 160 cm³/mol. The van der Waals surface area contributed by atoms with Gasteiger partial charge in [0.05, 0.1) is 138 Å². The molecule has 1 N–H and O–H groups in total. The highest BCUT2D eigenvalue weighted by atomic mass is 16.6. The van der Waals surface area contributed by atoms with Crippen molar-refractivity contribution in [2.24, 2.45) is 0 Å². The van der Waals surface area contributed by atoms with Crippen LogP contribution in [0.25, 0.3) is 0 Å². The second-order valence-corrected chi connectivity index (χ2v) is 9.65. The largest absolute Gasteiger partial charge is 0.379 e. The lowest BCUT2D eigenvalue weighted by Crippen LogP contribution is -2.33. The Morgan fingerprint density at radius 3 is 0.976 bits per heavy atom. The minimum Gasteiger partial charge on any atom is -0.379 e. The molecule has 0 spiro atoms. The molecular formula is C30H61NO11. The number of unbranched alkanes of at least 4 members (excludes halogenated alkanes) is 2. The van der Waals surface area contributed by atoms with Gasteiger partial charge in [-0.15, -0.1) is 0 Å². The van der Waals surface area contributed by atoms with Crippen molar-refractivity contribution in [1.82, 2.24) is 5.32 Å². The molecule has 12 nitrogen and oxygen atoms in total. The second kappa shape index (κ2) is 35.0. The molecule has 12 heteroatoms. The van der Waals surface area contributed by atoms with Gasteiger partial charge in [-0.3, -0.25) is 0 Å². The summed E-state index contributed by atoms with van der Waals surface area (Å²) in [6.45, 7) is 16.3. The molecule has 0 aromatic heterocycles. The van der Waals surface area contributed by atoms with Gasteiger partial charge in [-0.25, -0.2) is 0 Å². The highest BCUT2D eigenvalue weighted by molar-refractivity contribution is 4.67. The van der Waals surface area contributed by atoms with Crippen LogP contribution in [0.4, 0.5) is 0 Å². The third-order valence-corrected chi connectivity index (χ3v) is 6.11. The van der Waals surface area contributed by atoms with E-state index < -0.39 is 0 Å². The quantitative estimate of drug-likeness (QED) is 0.106. The van der Waals surface area contributed by atoms with E-state index in [9.17, 15) is 0 Å². The van der Waals surface area contributed by atoms with Gasteiger partial charge in [0, 0.05) is 6.61 Å². The smallest absolute Gasteiger partial charge is 0.0704 e. The fourth-order valence-corrected chi connectivity index (χ4v) is 3.77. The van der Waals surface area contributed by atoms with E-state index in [0.717, 1.165) is 39.0 Å². The molecule has 0 aliphatic carbocycles. The topological polar surface area (TPSA) is 114 Å². The summed E-state index contributed by atoms with van der Waals surface area (Å²) in [6.07, 6.45) is 6.10. The number of hydrogen-bond acceptors (Lipinski definition) is 12. The molecule has 1 rings (SSSR count). The lowest BCUT2D eigenvalue weighted by atomic mass is 10.1. The molecule has 0 radical (unpaired) electrons. The van der Waals surface area contributed by atoms with Crippen LogP contribution in [-0.4, -0.2) is 158 Å². The highest BCUT2D eigenvalue weighted by Gasteiger charge is 2.12. The van der Waals surface area contributed by atoms with E-state index in [-0.39, 0.29) is 0 Å². The lowest BCUT2D eigenvalue weighted by molar-refractivity contribution is -0.0324. The number of piperidine rings is 1. The van der Waals surface area contributed by atoms with Gasteiger partial charge in [0.1, 0.15) is 0 Å². The van der Waals surface area contributed by atoms with Gasteiger partial charge in [0.15, 0.2) is 0 Å². The average Bonchev–Trinajstić information content (AvgIpc) is 3.01. The predicted octanol–water partition coefficient (Wildman–Crippen LogP) is 2.11. The molecule has 0 saturated carbocycles. The summed E-state index contributed by atoms with van der Waals surface area (Å²) in [5.41, 5.74) is 0. The molecule has 1 saturated heterocycles. The first kappa shape index (κ1) is 39.5.